The summed E-state index contributed by atoms with van der Waals surface area (Å²) in [6.07, 6.45) is -1.60. The van der Waals surface area contributed by atoms with Crippen molar-refractivity contribution < 1.29 is 19.5 Å². The van der Waals surface area contributed by atoms with Crippen LogP contribution in [-0.2, 0) is 0 Å². The number of nitro benzene ring substituents is 1. The van der Waals surface area contributed by atoms with Gasteiger partial charge in [0.05, 0.1) is 17.1 Å². The fraction of sp³-hybridized carbons (Fsp3) is 0.500. The lowest BCUT2D eigenvalue weighted by Gasteiger charge is -2.21. The number of nitrogens with one attached hydrogen (secondary N) is 1. The van der Waals surface area contributed by atoms with Gasteiger partial charge in [0.25, 0.3) is 0 Å². The molecular weight excluding hydrogens is 255 g/mol. The van der Waals surface area contributed by atoms with Crippen molar-refractivity contribution in [1.82, 2.24) is 5.32 Å². The van der Waals surface area contributed by atoms with E-state index >= 15 is 0 Å². The van der Waals surface area contributed by atoms with Gasteiger partial charge in [0, 0.05) is 18.7 Å². The highest BCUT2D eigenvalue weighted by molar-refractivity contribution is 5.37. The molecule has 0 saturated carbocycles. The largest absolute Gasteiger partial charge is 0.392 e. The molecule has 0 bridgehead atoms. The summed E-state index contributed by atoms with van der Waals surface area (Å²) in [6.45, 7) is 3.54. The average Bonchev–Trinajstić information content (AvgIpc) is 2.35. The van der Waals surface area contributed by atoms with Crippen molar-refractivity contribution in [3.63, 3.8) is 0 Å². The van der Waals surface area contributed by atoms with Gasteiger partial charge >= 0.3 is 5.69 Å². The normalized spacial score (nSPS) is 15.8. The molecule has 0 radical (unpaired) electrons. The average molecular weight is 272 g/mol. The molecular formula is C12H17FN2O4. The molecule has 1 aromatic carbocycles. The van der Waals surface area contributed by atoms with Gasteiger partial charge in [-0.2, -0.15) is 4.39 Å². The van der Waals surface area contributed by atoms with E-state index in [1.807, 2.05) is 0 Å². The van der Waals surface area contributed by atoms with Crippen LogP contribution in [-0.4, -0.2) is 33.8 Å². The summed E-state index contributed by atoms with van der Waals surface area (Å²) in [4.78, 5) is 9.78. The van der Waals surface area contributed by atoms with Gasteiger partial charge in [-0.15, -0.1) is 0 Å². The van der Waals surface area contributed by atoms with Crippen molar-refractivity contribution in [3.8, 4) is 0 Å². The van der Waals surface area contributed by atoms with Gasteiger partial charge in [-0.3, -0.25) is 10.1 Å². The van der Waals surface area contributed by atoms with Gasteiger partial charge in [0.1, 0.15) is 0 Å². The Labute approximate surface area is 110 Å². The topological polar surface area (TPSA) is 95.6 Å². The zero-order valence-electron chi connectivity index (χ0n) is 10.7. The van der Waals surface area contributed by atoms with Crippen LogP contribution in [0.2, 0.25) is 0 Å². The number of nitro groups is 1. The minimum atomic E-state index is -1.03. The molecule has 6 nitrogen and oxygen atoms in total. The standard InChI is InChI=1S/C12H17FN2O4/c1-7(16)6-14-8(2)12(17)9-3-4-10(13)11(5-9)15(18)19/h3-5,7-8,12,14,16-17H,6H2,1-2H3. The molecule has 3 atom stereocenters. The molecule has 19 heavy (non-hydrogen) atoms. The Hall–Kier alpha value is -1.57. The van der Waals surface area contributed by atoms with Crippen LogP contribution in [0.4, 0.5) is 10.1 Å². The first-order valence-electron chi connectivity index (χ1n) is 5.86. The fourth-order valence-electron chi connectivity index (χ4n) is 1.61. The molecule has 0 spiro atoms. The molecule has 0 heterocycles. The molecule has 106 valence electrons. The van der Waals surface area contributed by atoms with Gasteiger partial charge in [0.2, 0.25) is 5.82 Å². The molecule has 1 aromatic rings. The molecule has 0 amide bonds. The second kappa shape index (κ2) is 6.55. The van der Waals surface area contributed by atoms with Crippen molar-refractivity contribution in [2.24, 2.45) is 0 Å². The lowest BCUT2D eigenvalue weighted by atomic mass is 10.0. The zero-order valence-corrected chi connectivity index (χ0v) is 10.7. The predicted octanol–water partition coefficient (Wildman–Crippen LogP) is 1.13. The Morgan fingerprint density at radius 1 is 1.42 bits per heavy atom. The van der Waals surface area contributed by atoms with E-state index in [2.05, 4.69) is 5.32 Å². The molecule has 3 unspecified atom stereocenters. The van der Waals surface area contributed by atoms with Crippen molar-refractivity contribution in [2.45, 2.75) is 32.1 Å². The summed E-state index contributed by atoms with van der Waals surface area (Å²) in [6, 6.07) is 2.84. The molecule has 0 aliphatic carbocycles. The molecule has 1 rings (SSSR count). The lowest BCUT2D eigenvalue weighted by Crippen LogP contribution is -2.36. The van der Waals surface area contributed by atoms with Gasteiger partial charge in [-0.05, 0) is 25.5 Å². The number of rotatable bonds is 6. The van der Waals surface area contributed by atoms with Crippen LogP contribution in [0.25, 0.3) is 0 Å². The number of nitrogens with zero attached hydrogens (tertiary/aromatic N) is 1. The van der Waals surface area contributed by atoms with E-state index in [9.17, 15) is 19.6 Å². The van der Waals surface area contributed by atoms with Crippen LogP contribution in [0.15, 0.2) is 18.2 Å². The number of halogens is 1. The SMILES string of the molecule is CC(O)CNC(C)C(O)c1ccc(F)c([N+](=O)[O-])c1. The van der Waals surface area contributed by atoms with Gasteiger partial charge < -0.3 is 15.5 Å². The van der Waals surface area contributed by atoms with E-state index in [-0.39, 0.29) is 12.1 Å². The van der Waals surface area contributed by atoms with E-state index in [0.29, 0.717) is 0 Å². The van der Waals surface area contributed by atoms with Gasteiger partial charge in [-0.25, -0.2) is 0 Å². The minimum Gasteiger partial charge on any atom is -0.392 e. The first kappa shape index (κ1) is 15.5. The predicted molar refractivity (Wildman–Crippen MR) is 67.2 cm³/mol. The summed E-state index contributed by atoms with van der Waals surface area (Å²) in [5.41, 5.74) is -0.419. The van der Waals surface area contributed by atoms with Crippen molar-refractivity contribution in [3.05, 3.63) is 39.7 Å². The second-order valence-corrected chi connectivity index (χ2v) is 4.46. The van der Waals surface area contributed by atoms with E-state index in [1.165, 1.54) is 6.07 Å². The van der Waals surface area contributed by atoms with E-state index in [1.54, 1.807) is 13.8 Å². The Morgan fingerprint density at radius 2 is 2.05 bits per heavy atom. The van der Waals surface area contributed by atoms with Crippen molar-refractivity contribution in [1.29, 1.82) is 0 Å². The fourth-order valence-corrected chi connectivity index (χ4v) is 1.61. The Morgan fingerprint density at radius 3 is 2.58 bits per heavy atom. The molecule has 3 N–H and O–H groups in total. The molecule has 0 saturated heterocycles. The van der Waals surface area contributed by atoms with Gasteiger partial charge in [-0.1, -0.05) is 6.07 Å². The maximum atomic E-state index is 13.2. The second-order valence-electron chi connectivity index (χ2n) is 4.46. The third-order valence-corrected chi connectivity index (χ3v) is 2.72. The number of hydrogen-bond donors (Lipinski definition) is 3. The quantitative estimate of drug-likeness (QED) is 0.533. The summed E-state index contributed by atoms with van der Waals surface area (Å²) in [7, 11) is 0. The molecule has 7 heteroatoms. The maximum absolute atomic E-state index is 13.2. The third kappa shape index (κ3) is 4.23. The van der Waals surface area contributed by atoms with Crippen LogP contribution in [0.5, 0.6) is 0 Å². The van der Waals surface area contributed by atoms with E-state index < -0.39 is 34.7 Å². The molecule has 0 fully saturated rings. The Bertz CT molecular complexity index is 453. The van der Waals surface area contributed by atoms with E-state index in [4.69, 9.17) is 5.11 Å². The smallest absolute Gasteiger partial charge is 0.305 e. The van der Waals surface area contributed by atoms with Crippen LogP contribution < -0.4 is 5.32 Å². The number of aliphatic hydroxyl groups is 2. The van der Waals surface area contributed by atoms with Crippen LogP contribution in [0, 0.1) is 15.9 Å². The lowest BCUT2D eigenvalue weighted by molar-refractivity contribution is -0.387. The summed E-state index contributed by atoms with van der Waals surface area (Å²) in [5, 5.41) is 32.6. The zero-order chi connectivity index (χ0) is 14.6. The first-order valence-corrected chi connectivity index (χ1v) is 5.86. The number of benzene rings is 1. The molecule has 0 aliphatic rings. The highest BCUT2D eigenvalue weighted by Crippen LogP contribution is 2.24. The third-order valence-electron chi connectivity index (χ3n) is 2.72. The highest BCUT2D eigenvalue weighted by atomic mass is 19.1. The maximum Gasteiger partial charge on any atom is 0.305 e. The Balaban J connectivity index is 2.84. The number of aliphatic hydroxyl groups excluding tert-OH is 2. The number of hydrogen-bond acceptors (Lipinski definition) is 5. The van der Waals surface area contributed by atoms with Crippen LogP contribution in [0.1, 0.15) is 25.5 Å². The minimum absolute atomic E-state index is 0.249. The monoisotopic (exact) mass is 272 g/mol. The van der Waals surface area contributed by atoms with Crippen LogP contribution in [0.3, 0.4) is 0 Å². The van der Waals surface area contributed by atoms with Gasteiger partial charge in [0.15, 0.2) is 0 Å². The Kier molecular flexibility index (Phi) is 5.34. The summed E-state index contributed by atoms with van der Waals surface area (Å²) >= 11 is 0. The highest BCUT2D eigenvalue weighted by Gasteiger charge is 2.21. The van der Waals surface area contributed by atoms with Crippen molar-refractivity contribution >= 4 is 5.69 Å². The first-order chi connectivity index (χ1) is 8.82. The van der Waals surface area contributed by atoms with Crippen LogP contribution >= 0.6 is 0 Å². The van der Waals surface area contributed by atoms with Crippen molar-refractivity contribution in [2.75, 3.05) is 6.54 Å². The molecule has 0 aliphatic heterocycles. The van der Waals surface area contributed by atoms with E-state index in [0.717, 1.165) is 12.1 Å². The summed E-state index contributed by atoms with van der Waals surface area (Å²) in [5.74, 6) is -0.939. The molecule has 0 aromatic heterocycles. The summed E-state index contributed by atoms with van der Waals surface area (Å²) < 4.78 is 13.2.